The minimum atomic E-state index is -0.228. The second-order valence-corrected chi connectivity index (χ2v) is 6.42. The second-order valence-electron chi connectivity index (χ2n) is 6.42. The molecule has 1 aliphatic rings. The molecule has 0 aliphatic heterocycles. The monoisotopic (exact) mass is 345 g/mol. The van der Waals surface area contributed by atoms with Crippen LogP contribution in [-0.2, 0) is 0 Å². The third kappa shape index (κ3) is 2.78. The summed E-state index contributed by atoms with van der Waals surface area (Å²) in [7, 11) is 1.98. The molecule has 0 saturated heterocycles. The van der Waals surface area contributed by atoms with Gasteiger partial charge < -0.3 is 10.6 Å². The summed E-state index contributed by atoms with van der Waals surface area (Å²) in [5.41, 5.74) is 11.9. The molecule has 1 heterocycles. The first-order chi connectivity index (χ1) is 12.7. The van der Waals surface area contributed by atoms with E-state index in [1.54, 1.807) is 12.3 Å². The summed E-state index contributed by atoms with van der Waals surface area (Å²) in [5, 5.41) is 0. The van der Waals surface area contributed by atoms with Crippen molar-refractivity contribution in [3.63, 3.8) is 0 Å². The Morgan fingerprint density at radius 3 is 2.58 bits per heavy atom. The first-order valence-corrected chi connectivity index (χ1v) is 8.66. The van der Waals surface area contributed by atoms with Crippen molar-refractivity contribution in [2.45, 2.75) is 0 Å². The number of nitrogens with zero attached hydrogens (tertiary/aromatic N) is 2. The van der Waals surface area contributed by atoms with Crippen molar-refractivity contribution in [3.05, 3.63) is 83.3 Å². The zero-order valence-corrected chi connectivity index (χ0v) is 14.6. The Morgan fingerprint density at radius 2 is 1.77 bits per heavy atom. The molecule has 0 radical (unpaired) electrons. The molecule has 130 valence electrons. The van der Waals surface area contributed by atoms with E-state index in [0.29, 0.717) is 6.54 Å². The summed E-state index contributed by atoms with van der Waals surface area (Å²) in [5.74, 6) is 0.641. The zero-order chi connectivity index (χ0) is 18.1. The lowest BCUT2D eigenvalue weighted by atomic mass is 10.0. The van der Waals surface area contributed by atoms with Crippen LogP contribution in [0.3, 0.4) is 0 Å². The summed E-state index contributed by atoms with van der Waals surface area (Å²) in [6.45, 7) is 1.27. The number of anilines is 1. The van der Waals surface area contributed by atoms with E-state index in [-0.39, 0.29) is 5.82 Å². The third-order valence-electron chi connectivity index (χ3n) is 4.72. The van der Waals surface area contributed by atoms with Crippen molar-refractivity contribution in [1.29, 1.82) is 0 Å². The molecule has 0 unspecified atom stereocenters. The highest BCUT2D eigenvalue weighted by atomic mass is 19.1. The van der Waals surface area contributed by atoms with Crippen molar-refractivity contribution >= 4 is 17.5 Å². The molecule has 2 N–H and O–H groups in total. The Morgan fingerprint density at radius 1 is 1.00 bits per heavy atom. The fraction of sp³-hybridized carbons (Fsp3) is 0.136. The molecule has 3 aromatic rings. The van der Waals surface area contributed by atoms with Gasteiger partial charge in [-0.3, -0.25) is 0 Å². The van der Waals surface area contributed by atoms with Gasteiger partial charge in [-0.05, 0) is 58.2 Å². The lowest BCUT2D eigenvalue weighted by molar-refractivity contribution is 0.627. The van der Waals surface area contributed by atoms with Crippen LogP contribution in [0.25, 0.3) is 22.8 Å². The fourth-order valence-electron chi connectivity index (χ4n) is 3.52. The van der Waals surface area contributed by atoms with E-state index < -0.39 is 0 Å². The molecule has 0 atom stereocenters. The average Bonchev–Trinajstić information content (AvgIpc) is 2.96. The van der Waals surface area contributed by atoms with Crippen LogP contribution in [0.1, 0.15) is 16.7 Å². The van der Waals surface area contributed by atoms with Gasteiger partial charge in [0, 0.05) is 31.9 Å². The SMILES string of the molecule is CN(CCN)c1ncccc1C=C1c2ccccc2-c2ccc(F)cc21. The molecule has 4 rings (SSSR count). The van der Waals surface area contributed by atoms with E-state index >= 15 is 0 Å². The molecule has 0 amide bonds. The van der Waals surface area contributed by atoms with E-state index in [1.165, 1.54) is 6.07 Å². The van der Waals surface area contributed by atoms with Gasteiger partial charge in [-0.1, -0.05) is 30.3 Å². The summed E-state index contributed by atoms with van der Waals surface area (Å²) in [4.78, 5) is 6.56. The van der Waals surface area contributed by atoms with Crippen molar-refractivity contribution < 1.29 is 4.39 Å². The van der Waals surface area contributed by atoms with Gasteiger partial charge in [0.1, 0.15) is 11.6 Å². The summed E-state index contributed by atoms with van der Waals surface area (Å²) in [6.07, 6.45) is 3.88. The summed E-state index contributed by atoms with van der Waals surface area (Å²) >= 11 is 0. The predicted molar refractivity (Wildman–Crippen MR) is 105 cm³/mol. The highest BCUT2D eigenvalue weighted by molar-refractivity contribution is 6.07. The van der Waals surface area contributed by atoms with Crippen molar-refractivity contribution in [2.75, 3.05) is 25.0 Å². The van der Waals surface area contributed by atoms with Crippen LogP contribution < -0.4 is 10.6 Å². The maximum atomic E-state index is 13.9. The number of benzene rings is 2. The van der Waals surface area contributed by atoms with E-state index in [4.69, 9.17) is 5.73 Å². The highest BCUT2D eigenvalue weighted by Gasteiger charge is 2.24. The number of hydrogen-bond donors (Lipinski definition) is 1. The van der Waals surface area contributed by atoms with Gasteiger partial charge in [0.15, 0.2) is 0 Å². The van der Waals surface area contributed by atoms with E-state index in [1.807, 2.05) is 42.3 Å². The largest absolute Gasteiger partial charge is 0.358 e. The van der Waals surface area contributed by atoms with Gasteiger partial charge in [-0.25, -0.2) is 9.37 Å². The van der Waals surface area contributed by atoms with Crippen LogP contribution in [0.5, 0.6) is 0 Å². The van der Waals surface area contributed by atoms with Crippen LogP contribution >= 0.6 is 0 Å². The van der Waals surface area contributed by atoms with Crippen LogP contribution in [0.4, 0.5) is 10.2 Å². The lowest BCUT2D eigenvalue weighted by Gasteiger charge is -2.19. The first kappa shape index (κ1) is 16.5. The average molecular weight is 345 g/mol. The van der Waals surface area contributed by atoms with Gasteiger partial charge in [0.2, 0.25) is 0 Å². The Kier molecular flexibility index (Phi) is 4.27. The topological polar surface area (TPSA) is 42.1 Å². The first-order valence-electron chi connectivity index (χ1n) is 8.66. The number of likely N-dealkylation sites (N-methyl/N-ethyl adjacent to an activating group) is 1. The highest BCUT2D eigenvalue weighted by Crippen LogP contribution is 2.45. The maximum Gasteiger partial charge on any atom is 0.135 e. The van der Waals surface area contributed by atoms with E-state index in [9.17, 15) is 4.39 Å². The van der Waals surface area contributed by atoms with Crippen LogP contribution in [0.2, 0.25) is 0 Å². The number of pyridine rings is 1. The van der Waals surface area contributed by atoms with Crippen molar-refractivity contribution in [3.8, 4) is 11.1 Å². The van der Waals surface area contributed by atoms with Crippen LogP contribution in [0.15, 0.2) is 60.8 Å². The number of nitrogens with two attached hydrogens (primary N) is 1. The number of halogens is 1. The van der Waals surface area contributed by atoms with Gasteiger partial charge >= 0.3 is 0 Å². The van der Waals surface area contributed by atoms with Crippen LogP contribution in [0, 0.1) is 5.82 Å². The molecule has 2 aromatic carbocycles. The quantitative estimate of drug-likeness (QED) is 0.603. The Hall–Kier alpha value is -2.98. The minimum Gasteiger partial charge on any atom is -0.358 e. The maximum absolute atomic E-state index is 13.9. The Bertz CT molecular complexity index is 994. The summed E-state index contributed by atoms with van der Waals surface area (Å²) in [6, 6.07) is 17.1. The Labute approximate surface area is 152 Å². The Balaban J connectivity index is 1.90. The van der Waals surface area contributed by atoms with E-state index in [2.05, 4.69) is 23.2 Å². The van der Waals surface area contributed by atoms with Crippen molar-refractivity contribution in [1.82, 2.24) is 4.98 Å². The molecular formula is C22H20FN3. The third-order valence-corrected chi connectivity index (χ3v) is 4.72. The van der Waals surface area contributed by atoms with Crippen LogP contribution in [-0.4, -0.2) is 25.1 Å². The smallest absolute Gasteiger partial charge is 0.135 e. The number of hydrogen-bond acceptors (Lipinski definition) is 3. The minimum absolute atomic E-state index is 0.228. The van der Waals surface area contributed by atoms with E-state index in [0.717, 1.165) is 45.8 Å². The zero-order valence-electron chi connectivity index (χ0n) is 14.6. The molecule has 1 aromatic heterocycles. The number of aromatic nitrogens is 1. The fourth-order valence-corrected chi connectivity index (χ4v) is 3.52. The van der Waals surface area contributed by atoms with Gasteiger partial charge in [-0.2, -0.15) is 0 Å². The summed E-state index contributed by atoms with van der Waals surface area (Å²) < 4.78 is 13.9. The lowest BCUT2D eigenvalue weighted by Crippen LogP contribution is -2.26. The molecule has 4 heteroatoms. The normalized spacial score (nSPS) is 13.6. The van der Waals surface area contributed by atoms with Gasteiger partial charge in [-0.15, -0.1) is 0 Å². The molecular weight excluding hydrogens is 325 g/mol. The molecule has 1 aliphatic carbocycles. The second kappa shape index (κ2) is 6.73. The molecule has 0 fully saturated rings. The standard InChI is InChI=1S/C22H20FN3/c1-26(12-10-24)22-15(5-4-11-25-22)13-20-18-7-3-2-6-17(18)19-9-8-16(23)14-21(19)20/h2-9,11,13-14H,10,12,24H2,1H3. The predicted octanol–water partition coefficient (Wildman–Crippen LogP) is 4.18. The van der Waals surface area contributed by atoms with Gasteiger partial charge in [0.25, 0.3) is 0 Å². The molecule has 0 saturated carbocycles. The molecule has 26 heavy (non-hydrogen) atoms. The molecule has 0 spiro atoms. The van der Waals surface area contributed by atoms with Crippen molar-refractivity contribution in [2.24, 2.45) is 5.73 Å². The molecule has 3 nitrogen and oxygen atoms in total. The molecule has 0 bridgehead atoms. The number of rotatable bonds is 4. The number of fused-ring (bicyclic) bond motifs is 3. The van der Waals surface area contributed by atoms with Gasteiger partial charge in [0.05, 0.1) is 0 Å².